The summed E-state index contributed by atoms with van der Waals surface area (Å²) in [4.78, 5) is 0. The highest BCUT2D eigenvalue weighted by Crippen LogP contribution is 2.35. The van der Waals surface area contributed by atoms with Crippen LogP contribution in [-0.4, -0.2) is 19.8 Å². The van der Waals surface area contributed by atoms with Crippen LogP contribution in [0.15, 0.2) is 18.2 Å². The lowest BCUT2D eigenvalue weighted by Gasteiger charge is -2.26. The van der Waals surface area contributed by atoms with Crippen molar-refractivity contribution in [2.45, 2.75) is 44.5 Å². The van der Waals surface area contributed by atoms with E-state index >= 15 is 0 Å². The normalized spacial score (nSPS) is 14.3. The van der Waals surface area contributed by atoms with Crippen LogP contribution in [0.25, 0.3) is 0 Å². The van der Waals surface area contributed by atoms with E-state index in [1.54, 1.807) is 14.2 Å². The van der Waals surface area contributed by atoms with Gasteiger partial charge in [-0.2, -0.15) is 13.2 Å². The minimum absolute atomic E-state index is 0.0271. The van der Waals surface area contributed by atoms with Gasteiger partial charge in [0, 0.05) is 18.7 Å². The average molecular weight is 307 g/mol. The second kappa shape index (κ2) is 6.75. The van der Waals surface area contributed by atoms with Crippen molar-refractivity contribution in [3.63, 3.8) is 0 Å². The monoisotopic (exact) mass is 307 g/mol. The van der Waals surface area contributed by atoms with Crippen LogP contribution < -0.4 is 5.32 Å². The van der Waals surface area contributed by atoms with Gasteiger partial charge >= 0.3 is 6.18 Å². The Bertz CT molecular complexity index is 471. The second-order valence-corrected chi connectivity index (χ2v) is 5.55. The van der Waals surface area contributed by atoms with Crippen LogP contribution in [0.5, 0.6) is 0 Å². The lowest BCUT2D eigenvalue weighted by molar-refractivity contribution is -0.140. The van der Waals surface area contributed by atoms with Gasteiger partial charge in [0.05, 0.1) is 11.2 Å². The van der Waals surface area contributed by atoms with E-state index in [1.807, 2.05) is 13.8 Å². The number of hydrogen-bond acceptors (Lipinski definition) is 2. The van der Waals surface area contributed by atoms with Gasteiger partial charge in [-0.15, -0.1) is 0 Å². The van der Waals surface area contributed by atoms with Gasteiger partial charge in [-0.1, -0.05) is 12.1 Å². The molecule has 1 aromatic rings. The zero-order chi connectivity index (χ0) is 16.3. The molecule has 0 aliphatic heterocycles. The van der Waals surface area contributed by atoms with E-state index in [0.29, 0.717) is 12.8 Å². The van der Waals surface area contributed by atoms with E-state index in [2.05, 4.69) is 5.32 Å². The van der Waals surface area contributed by atoms with E-state index in [4.69, 9.17) is 4.74 Å². The number of hydrogen-bond donors (Lipinski definition) is 1. The summed E-state index contributed by atoms with van der Waals surface area (Å²) in [6.07, 6.45) is -3.63. The molecular weight excluding hydrogens is 286 g/mol. The molecular formula is C15H21F4NO. The number of nitrogens with one attached hydrogen (secondary N) is 1. The molecule has 0 amide bonds. The van der Waals surface area contributed by atoms with Gasteiger partial charge < -0.3 is 10.1 Å². The Morgan fingerprint density at radius 3 is 2.33 bits per heavy atom. The number of ether oxygens (including phenoxy) is 1. The molecule has 1 aromatic carbocycles. The van der Waals surface area contributed by atoms with Crippen LogP contribution in [0.2, 0.25) is 0 Å². The van der Waals surface area contributed by atoms with E-state index < -0.39 is 29.2 Å². The predicted octanol–water partition coefficient (Wildman–Crippen LogP) is 4.31. The number of benzene rings is 1. The predicted molar refractivity (Wildman–Crippen MR) is 73.5 cm³/mol. The summed E-state index contributed by atoms with van der Waals surface area (Å²) >= 11 is 0. The minimum Gasteiger partial charge on any atom is -0.379 e. The van der Waals surface area contributed by atoms with E-state index in [0.717, 1.165) is 6.07 Å². The highest BCUT2D eigenvalue weighted by molar-refractivity contribution is 5.30. The van der Waals surface area contributed by atoms with E-state index in [-0.39, 0.29) is 5.56 Å². The summed E-state index contributed by atoms with van der Waals surface area (Å²) in [6.45, 7) is 3.75. The first kappa shape index (κ1) is 17.9. The third-order valence-electron chi connectivity index (χ3n) is 3.65. The lowest BCUT2D eigenvalue weighted by atomic mass is 9.93. The first-order valence-corrected chi connectivity index (χ1v) is 6.70. The third-order valence-corrected chi connectivity index (χ3v) is 3.65. The molecule has 1 rings (SSSR count). The lowest BCUT2D eigenvalue weighted by Crippen LogP contribution is -2.26. The molecule has 1 N–H and O–H groups in total. The Morgan fingerprint density at radius 2 is 1.86 bits per heavy atom. The van der Waals surface area contributed by atoms with E-state index in [9.17, 15) is 17.6 Å². The summed E-state index contributed by atoms with van der Waals surface area (Å²) in [5.41, 5.74) is -1.61. The summed E-state index contributed by atoms with van der Waals surface area (Å²) < 4.78 is 57.6. The first-order chi connectivity index (χ1) is 9.62. The quantitative estimate of drug-likeness (QED) is 0.791. The molecule has 0 bridgehead atoms. The molecule has 0 radical (unpaired) electrons. The third kappa shape index (κ3) is 4.68. The topological polar surface area (TPSA) is 21.3 Å². The van der Waals surface area contributed by atoms with Crippen molar-refractivity contribution >= 4 is 0 Å². The van der Waals surface area contributed by atoms with Gasteiger partial charge in [-0.3, -0.25) is 0 Å². The van der Waals surface area contributed by atoms with Gasteiger partial charge in [-0.05, 0) is 39.8 Å². The molecule has 2 nitrogen and oxygen atoms in total. The van der Waals surface area contributed by atoms with Crippen LogP contribution in [0.3, 0.4) is 0 Å². The van der Waals surface area contributed by atoms with Gasteiger partial charge in [0.2, 0.25) is 0 Å². The smallest absolute Gasteiger partial charge is 0.379 e. The standard InChI is InChI=1S/C15H21F4NO/c1-14(2,21-4)9-8-12(20-3)10-6-5-7-11(13(10)16)15(17,18)19/h5-7,12,20H,8-9H2,1-4H3. The largest absolute Gasteiger partial charge is 0.419 e. The van der Waals surface area contributed by atoms with Crippen molar-refractivity contribution < 1.29 is 22.3 Å². The fourth-order valence-electron chi connectivity index (χ4n) is 2.09. The number of alkyl halides is 3. The van der Waals surface area contributed by atoms with Crippen molar-refractivity contribution in [2.24, 2.45) is 0 Å². The van der Waals surface area contributed by atoms with Gasteiger partial charge in [-0.25, -0.2) is 4.39 Å². The zero-order valence-corrected chi connectivity index (χ0v) is 12.6. The van der Waals surface area contributed by atoms with Crippen LogP contribution in [0.4, 0.5) is 17.6 Å². The first-order valence-electron chi connectivity index (χ1n) is 6.70. The summed E-state index contributed by atoms with van der Waals surface area (Å²) in [6, 6.07) is 2.87. The molecule has 1 atom stereocenters. The molecule has 0 heterocycles. The fraction of sp³-hybridized carbons (Fsp3) is 0.600. The molecule has 0 saturated carbocycles. The molecule has 1 unspecified atom stereocenters. The van der Waals surface area contributed by atoms with Crippen LogP contribution in [0.1, 0.15) is 43.9 Å². The van der Waals surface area contributed by atoms with Crippen molar-refractivity contribution in [3.05, 3.63) is 35.1 Å². The fourth-order valence-corrected chi connectivity index (χ4v) is 2.09. The highest BCUT2D eigenvalue weighted by Gasteiger charge is 2.35. The van der Waals surface area contributed by atoms with Crippen LogP contribution in [-0.2, 0) is 10.9 Å². The molecule has 21 heavy (non-hydrogen) atoms. The van der Waals surface area contributed by atoms with Crippen molar-refractivity contribution in [1.82, 2.24) is 5.32 Å². The molecule has 0 fully saturated rings. The molecule has 0 spiro atoms. The Kier molecular flexibility index (Phi) is 5.75. The Morgan fingerprint density at radius 1 is 1.24 bits per heavy atom. The summed E-state index contributed by atoms with van der Waals surface area (Å²) in [7, 11) is 3.17. The van der Waals surface area contributed by atoms with Crippen LogP contribution in [0, 0.1) is 5.82 Å². The van der Waals surface area contributed by atoms with Gasteiger partial charge in [0.25, 0.3) is 0 Å². The molecule has 120 valence electrons. The molecule has 0 saturated heterocycles. The Balaban J connectivity index is 3.02. The highest BCUT2D eigenvalue weighted by atomic mass is 19.4. The summed E-state index contributed by atoms with van der Waals surface area (Å²) in [5.74, 6) is -1.21. The minimum atomic E-state index is -4.69. The van der Waals surface area contributed by atoms with Crippen molar-refractivity contribution in [2.75, 3.05) is 14.2 Å². The number of rotatable bonds is 6. The molecule has 0 aliphatic rings. The maximum atomic E-state index is 14.1. The van der Waals surface area contributed by atoms with Gasteiger partial charge in [0.15, 0.2) is 0 Å². The van der Waals surface area contributed by atoms with Gasteiger partial charge in [0.1, 0.15) is 5.82 Å². The molecule has 0 aromatic heterocycles. The molecule has 6 heteroatoms. The zero-order valence-electron chi connectivity index (χ0n) is 12.6. The second-order valence-electron chi connectivity index (χ2n) is 5.55. The SMILES string of the molecule is CNC(CCC(C)(C)OC)c1cccc(C(F)(F)F)c1F. The van der Waals surface area contributed by atoms with E-state index in [1.165, 1.54) is 12.1 Å². The number of methoxy groups -OCH3 is 1. The maximum Gasteiger partial charge on any atom is 0.419 e. The van der Waals surface area contributed by atoms with Crippen LogP contribution >= 0.6 is 0 Å². The Labute approximate surface area is 122 Å². The maximum absolute atomic E-state index is 14.1. The Hall–Kier alpha value is -1.14. The van der Waals surface area contributed by atoms with Crippen molar-refractivity contribution in [3.8, 4) is 0 Å². The van der Waals surface area contributed by atoms with Crippen molar-refractivity contribution in [1.29, 1.82) is 0 Å². The molecule has 0 aliphatic carbocycles. The average Bonchev–Trinajstić information content (AvgIpc) is 2.39. The summed E-state index contributed by atoms with van der Waals surface area (Å²) in [5, 5.41) is 2.87. The number of halogens is 4.